The molecule has 0 saturated heterocycles. The number of nitrogens with two attached hydrogens (primary N) is 1. The molecule has 0 spiro atoms. The average Bonchev–Trinajstić information content (AvgIpc) is 3.27. The van der Waals surface area contributed by atoms with E-state index in [1.807, 2.05) is 6.92 Å². The first-order valence-corrected chi connectivity index (χ1v) is 8.93. The van der Waals surface area contributed by atoms with Crippen LogP contribution in [0.1, 0.15) is 35.7 Å². The van der Waals surface area contributed by atoms with Gasteiger partial charge in [0.2, 0.25) is 10.0 Å². The van der Waals surface area contributed by atoms with Crippen LogP contribution in [0.15, 0.2) is 23.1 Å². The summed E-state index contributed by atoms with van der Waals surface area (Å²) >= 11 is 0. The topological polar surface area (TPSA) is 101 Å². The molecule has 0 heterocycles. The summed E-state index contributed by atoms with van der Waals surface area (Å²) in [5, 5.41) is 2.79. The van der Waals surface area contributed by atoms with Crippen LogP contribution in [0.4, 0.5) is 0 Å². The lowest BCUT2D eigenvalue weighted by Gasteiger charge is -2.13. The number of amides is 1. The van der Waals surface area contributed by atoms with Gasteiger partial charge in [-0.15, -0.1) is 0 Å². The maximum atomic E-state index is 12.2. The highest BCUT2D eigenvalue weighted by Crippen LogP contribution is 2.23. The van der Waals surface area contributed by atoms with Crippen LogP contribution in [0.25, 0.3) is 0 Å². The fourth-order valence-corrected chi connectivity index (χ4v) is 3.28. The van der Waals surface area contributed by atoms with Crippen LogP contribution in [0.2, 0.25) is 0 Å². The first-order valence-electron chi connectivity index (χ1n) is 7.44. The van der Waals surface area contributed by atoms with Gasteiger partial charge in [-0.3, -0.25) is 4.79 Å². The summed E-state index contributed by atoms with van der Waals surface area (Å²) in [7, 11) is -3.56. The Kier molecular flexibility index (Phi) is 5.20. The molecular formula is C15H23N3O3S. The third-order valence-corrected chi connectivity index (χ3v) is 5.19. The molecule has 1 aliphatic rings. The lowest BCUT2D eigenvalue weighted by Crippen LogP contribution is -2.32. The predicted molar refractivity (Wildman–Crippen MR) is 85.1 cm³/mol. The summed E-state index contributed by atoms with van der Waals surface area (Å²) in [5.41, 5.74) is 6.64. The van der Waals surface area contributed by atoms with Crippen LogP contribution < -0.4 is 15.8 Å². The van der Waals surface area contributed by atoms with Crippen molar-refractivity contribution in [1.82, 2.24) is 10.0 Å². The Morgan fingerprint density at radius 3 is 2.68 bits per heavy atom. The smallest absolute Gasteiger partial charge is 0.251 e. The van der Waals surface area contributed by atoms with Crippen molar-refractivity contribution in [3.8, 4) is 0 Å². The Morgan fingerprint density at radius 2 is 2.09 bits per heavy atom. The molecule has 2 rings (SSSR count). The lowest BCUT2D eigenvalue weighted by molar-refractivity contribution is 0.0947. The summed E-state index contributed by atoms with van der Waals surface area (Å²) in [4.78, 5) is 12.4. The van der Waals surface area contributed by atoms with Crippen LogP contribution in [0.3, 0.4) is 0 Å². The van der Waals surface area contributed by atoms with E-state index in [0.717, 1.165) is 18.4 Å². The number of benzene rings is 1. The SMILES string of the molecule is Cc1ccc(S(=O)(=O)NC2CC2)cc1C(=O)NCC(C)CN. The van der Waals surface area contributed by atoms with Crippen molar-refractivity contribution in [2.75, 3.05) is 13.1 Å². The molecule has 1 aliphatic carbocycles. The molecule has 0 radical (unpaired) electrons. The first-order chi connectivity index (χ1) is 10.3. The maximum absolute atomic E-state index is 12.2. The van der Waals surface area contributed by atoms with Gasteiger partial charge in [0.05, 0.1) is 4.90 Å². The number of carbonyl (C=O) groups is 1. The number of nitrogens with one attached hydrogen (secondary N) is 2. The fraction of sp³-hybridized carbons (Fsp3) is 0.533. The second-order valence-electron chi connectivity index (χ2n) is 5.92. The molecule has 1 fully saturated rings. The van der Waals surface area contributed by atoms with E-state index in [4.69, 9.17) is 5.73 Å². The van der Waals surface area contributed by atoms with E-state index in [1.54, 1.807) is 13.0 Å². The van der Waals surface area contributed by atoms with Crippen molar-refractivity contribution >= 4 is 15.9 Å². The van der Waals surface area contributed by atoms with Crippen molar-refractivity contribution in [2.24, 2.45) is 11.7 Å². The summed E-state index contributed by atoms with van der Waals surface area (Å²) in [5.74, 6) is -0.103. The van der Waals surface area contributed by atoms with Crippen molar-refractivity contribution in [3.63, 3.8) is 0 Å². The molecule has 4 N–H and O–H groups in total. The highest BCUT2D eigenvalue weighted by Gasteiger charge is 2.28. The van der Waals surface area contributed by atoms with Gasteiger partial charge in [-0.25, -0.2) is 13.1 Å². The van der Waals surface area contributed by atoms with Gasteiger partial charge < -0.3 is 11.1 Å². The van der Waals surface area contributed by atoms with Crippen LogP contribution in [-0.2, 0) is 10.0 Å². The van der Waals surface area contributed by atoms with Crippen LogP contribution >= 0.6 is 0 Å². The molecule has 1 aromatic carbocycles. The molecule has 122 valence electrons. The van der Waals surface area contributed by atoms with Crippen molar-refractivity contribution in [3.05, 3.63) is 29.3 Å². The van der Waals surface area contributed by atoms with Gasteiger partial charge in [-0.05, 0) is 49.9 Å². The maximum Gasteiger partial charge on any atom is 0.251 e. The first kappa shape index (κ1) is 16.9. The van der Waals surface area contributed by atoms with E-state index in [0.29, 0.717) is 18.7 Å². The van der Waals surface area contributed by atoms with Crippen molar-refractivity contribution in [1.29, 1.82) is 0 Å². The van der Waals surface area contributed by atoms with Crippen molar-refractivity contribution in [2.45, 2.75) is 37.6 Å². The van der Waals surface area contributed by atoms with Gasteiger partial charge in [0, 0.05) is 18.2 Å². The molecule has 1 saturated carbocycles. The zero-order valence-corrected chi connectivity index (χ0v) is 13.7. The van der Waals surface area contributed by atoms with E-state index in [1.165, 1.54) is 12.1 Å². The largest absolute Gasteiger partial charge is 0.352 e. The molecule has 6 nitrogen and oxygen atoms in total. The number of hydrogen-bond donors (Lipinski definition) is 3. The normalized spacial score (nSPS) is 16.3. The third-order valence-electron chi connectivity index (χ3n) is 3.68. The van der Waals surface area contributed by atoms with E-state index < -0.39 is 10.0 Å². The Morgan fingerprint density at radius 1 is 1.41 bits per heavy atom. The number of rotatable bonds is 7. The summed E-state index contributed by atoms with van der Waals surface area (Å²) in [6, 6.07) is 4.65. The van der Waals surface area contributed by atoms with Crippen LogP contribution in [0, 0.1) is 12.8 Å². The molecule has 0 aromatic heterocycles. The highest BCUT2D eigenvalue weighted by molar-refractivity contribution is 7.89. The fourth-order valence-electron chi connectivity index (χ4n) is 1.95. The van der Waals surface area contributed by atoms with Crippen molar-refractivity contribution < 1.29 is 13.2 Å². The molecule has 22 heavy (non-hydrogen) atoms. The second kappa shape index (κ2) is 6.76. The van der Waals surface area contributed by atoms with Gasteiger partial charge in [-0.1, -0.05) is 13.0 Å². The molecule has 1 amide bonds. The molecule has 7 heteroatoms. The number of sulfonamides is 1. The average molecular weight is 325 g/mol. The van der Waals surface area contributed by atoms with E-state index in [-0.39, 0.29) is 22.8 Å². The van der Waals surface area contributed by atoms with E-state index in [2.05, 4.69) is 10.0 Å². The quantitative estimate of drug-likeness (QED) is 0.689. The van der Waals surface area contributed by atoms with Gasteiger partial charge in [-0.2, -0.15) is 0 Å². The summed E-state index contributed by atoms with van der Waals surface area (Å²) < 4.78 is 27.1. The van der Waals surface area contributed by atoms with E-state index in [9.17, 15) is 13.2 Å². The Hall–Kier alpha value is -1.44. The van der Waals surface area contributed by atoms with Crippen LogP contribution in [0.5, 0.6) is 0 Å². The summed E-state index contributed by atoms with van der Waals surface area (Å²) in [6.07, 6.45) is 1.74. The highest BCUT2D eigenvalue weighted by atomic mass is 32.2. The van der Waals surface area contributed by atoms with Gasteiger partial charge in [0.15, 0.2) is 0 Å². The van der Waals surface area contributed by atoms with Gasteiger partial charge in [0.25, 0.3) is 5.91 Å². The molecule has 1 atom stereocenters. The summed E-state index contributed by atoms with van der Waals surface area (Å²) in [6.45, 7) is 4.67. The number of hydrogen-bond acceptors (Lipinski definition) is 4. The molecule has 0 aliphatic heterocycles. The monoisotopic (exact) mass is 325 g/mol. The molecule has 0 bridgehead atoms. The zero-order valence-electron chi connectivity index (χ0n) is 12.9. The van der Waals surface area contributed by atoms with E-state index >= 15 is 0 Å². The number of aryl methyl sites for hydroxylation is 1. The lowest BCUT2D eigenvalue weighted by atomic mass is 10.1. The minimum absolute atomic E-state index is 0.0361. The Balaban J connectivity index is 2.17. The Labute approximate surface area is 131 Å². The van der Waals surface area contributed by atoms with Gasteiger partial charge >= 0.3 is 0 Å². The van der Waals surface area contributed by atoms with Crippen LogP contribution in [-0.4, -0.2) is 33.5 Å². The molecule has 1 aromatic rings. The standard InChI is InChI=1S/C15H23N3O3S/c1-10(8-16)9-17-15(19)14-7-13(6-3-11(14)2)22(20,21)18-12-4-5-12/h3,6-7,10,12,18H,4-5,8-9,16H2,1-2H3,(H,17,19). The second-order valence-corrected chi connectivity index (χ2v) is 7.64. The third kappa shape index (κ3) is 4.28. The zero-order chi connectivity index (χ0) is 16.3. The molecule has 1 unspecified atom stereocenters. The minimum Gasteiger partial charge on any atom is -0.352 e. The number of carbonyl (C=O) groups excluding carboxylic acids is 1. The predicted octanol–water partition coefficient (Wildman–Crippen LogP) is 0.760. The van der Waals surface area contributed by atoms with Gasteiger partial charge in [0.1, 0.15) is 0 Å². The Bertz CT molecular complexity index is 654. The minimum atomic E-state index is -3.56. The molecular weight excluding hydrogens is 302 g/mol.